The maximum absolute atomic E-state index is 4.33. The van der Waals surface area contributed by atoms with Crippen molar-refractivity contribution in [3.8, 4) is 0 Å². The number of nitrogens with zero attached hydrogens (tertiary/aromatic N) is 2. The number of benzene rings is 2. The van der Waals surface area contributed by atoms with Gasteiger partial charge in [0, 0.05) is 0 Å². The van der Waals surface area contributed by atoms with E-state index in [1.807, 2.05) is 77.1 Å². The third kappa shape index (κ3) is 6.35. The Bertz CT molecular complexity index is 531. The van der Waals surface area contributed by atoms with Crippen molar-refractivity contribution in [3.63, 3.8) is 0 Å². The van der Waals surface area contributed by atoms with Crippen LogP contribution in [0.4, 0.5) is 11.4 Å². The number of aryl methyl sites for hydroxylation is 2. The van der Waals surface area contributed by atoms with E-state index in [-0.39, 0.29) is 0 Å². The highest BCUT2D eigenvalue weighted by Gasteiger charge is 1.98. The van der Waals surface area contributed by atoms with Gasteiger partial charge in [-0.3, -0.25) is 0 Å². The van der Waals surface area contributed by atoms with Gasteiger partial charge in [0.25, 0.3) is 0 Å². The molecule has 2 heteroatoms. The first kappa shape index (κ1) is 19.0. The zero-order chi connectivity index (χ0) is 16.1. The molecule has 21 heavy (non-hydrogen) atoms. The molecule has 2 nitrogen and oxygen atoms in total. The molecule has 0 N–H and O–H groups in total. The van der Waals surface area contributed by atoms with Gasteiger partial charge in [-0.05, 0) is 36.6 Å². The molecule has 0 saturated heterocycles. The summed E-state index contributed by atoms with van der Waals surface area (Å²) in [7, 11) is 0. The average Bonchev–Trinajstić information content (AvgIpc) is 2.58. The Balaban J connectivity index is 0.000000921. The summed E-state index contributed by atoms with van der Waals surface area (Å²) in [4.78, 5) is 0. The molecular weight excluding hydrogens is 256 g/mol. The van der Waals surface area contributed by atoms with Crippen LogP contribution in [0.2, 0.25) is 0 Å². The number of rotatable bonds is 3. The predicted octanol–water partition coefficient (Wildman–Crippen LogP) is 7.03. The molecule has 0 unspecified atom stereocenters. The zero-order valence-electron chi connectivity index (χ0n) is 14.2. The average molecular weight is 284 g/mol. The lowest BCUT2D eigenvalue weighted by Crippen LogP contribution is -1.79. The minimum Gasteiger partial charge on any atom is -0.150 e. The minimum absolute atomic E-state index is 0.929. The summed E-state index contributed by atoms with van der Waals surface area (Å²) in [6.07, 6.45) is 0.975. The molecule has 0 bridgehead atoms. The summed E-state index contributed by atoms with van der Waals surface area (Å²) in [6, 6.07) is 16.1. The fourth-order valence-electron chi connectivity index (χ4n) is 1.69. The summed E-state index contributed by atoms with van der Waals surface area (Å²) in [5.41, 5.74) is 4.26. The molecule has 0 radical (unpaired) electrons. The normalized spacial score (nSPS) is 9.43. The van der Waals surface area contributed by atoms with Gasteiger partial charge < -0.3 is 0 Å². The molecule has 0 aromatic heterocycles. The molecular formula is C19H28N2. The highest BCUT2D eigenvalue weighted by Crippen LogP contribution is 2.24. The van der Waals surface area contributed by atoms with Crippen LogP contribution < -0.4 is 0 Å². The SMILES string of the molecule is CC.CC.CCc1ccccc1N=Nc1ccccc1C. The van der Waals surface area contributed by atoms with Crippen LogP contribution in [0.3, 0.4) is 0 Å². The van der Waals surface area contributed by atoms with E-state index >= 15 is 0 Å². The Morgan fingerprint density at radius 2 is 1.19 bits per heavy atom. The molecule has 0 spiro atoms. The van der Waals surface area contributed by atoms with E-state index in [9.17, 15) is 0 Å². The van der Waals surface area contributed by atoms with Gasteiger partial charge in [-0.2, -0.15) is 10.2 Å². The van der Waals surface area contributed by atoms with E-state index in [4.69, 9.17) is 0 Å². The fourth-order valence-corrected chi connectivity index (χ4v) is 1.69. The number of hydrogen-bond donors (Lipinski definition) is 0. The molecule has 2 aromatic carbocycles. The highest BCUT2D eigenvalue weighted by molar-refractivity contribution is 5.48. The van der Waals surface area contributed by atoms with Crippen LogP contribution in [0.15, 0.2) is 58.8 Å². The standard InChI is InChI=1S/C15H16N2.2C2H6/c1-3-13-9-5-7-11-15(13)17-16-14-10-6-4-8-12(14)2;2*1-2/h4-11H,3H2,1-2H3;2*1-2H3. The Morgan fingerprint density at radius 1 is 0.714 bits per heavy atom. The van der Waals surface area contributed by atoms with Crippen LogP contribution in [0.5, 0.6) is 0 Å². The fraction of sp³-hybridized carbons (Fsp3) is 0.368. The van der Waals surface area contributed by atoms with Crippen LogP contribution in [-0.2, 0) is 6.42 Å². The maximum atomic E-state index is 4.33. The molecule has 0 saturated carbocycles. The monoisotopic (exact) mass is 284 g/mol. The molecule has 0 fully saturated rings. The Labute approximate surface area is 130 Å². The summed E-state index contributed by atoms with van der Waals surface area (Å²) in [5.74, 6) is 0. The molecule has 0 heterocycles. The summed E-state index contributed by atoms with van der Waals surface area (Å²) < 4.78 is 0. The number of hydrogen-bond acceptors (Lipinski definition) is 2. The highest BCUT2D eigenvalue weighted by atomic mass is 15.1. The van der Waals surface area contributed by atoms with Gasteiger partial charge in [-0.15, -0.1) is 0 Å². The lowest BCUT2D eigenvalue weighted by molar-refractivity contribution is 1.10. The van der Waals surface area contributed by atoms with Crippen molar-refractivity contribution in [2.24, 2.45) is 10.2 Å². The van der Waals surface area contributed by atoms with Crippen LogP contribution >= 0.6 is 0 Å². The number of azo groups is 1. The molecule has 0 amide bonds. The second-order valence-corrected chi connectivity index (χ2v) is 3.97. The largest absolute Gasteiger partial charge is 0.150 e. The van der Waals surface area contributed by atoms with E-state index in [0.717, 1.165) is 23.4 Å². The van der Waals surface area contributed by atoms with Crippen molar-refractivity contribution in [2.45, 2.75) is 48.0 Å². The summed E-state index contributed by atoms with van der Waals surface area (Å²) in [6.45, 7) is 12.2. The molecule has 0 aliphatic rings. The van der Waals surface area contributed by atoms with Crippen molar-refractivity contribution in [1.29, 1.82) is 0 Å². The molecule has 0 aliphatic heterocycles. The maximum Gasteiger partial charge on any atom is 0.0888 e. The first-order valence-electron chi connectivity index (χ1n) is 7.86. The molecule has 114 valence electrons. The van der Waals surface area contributed by atoms with Crippen LogP contribution in [0, 0.1) is 6.92 Å². The second kappa shape index (κ2) is 11.8. The van der Waals surface area contributed by atoms with Gasteiger partial charge in [0.1, 0.15) is 0 Å². The third-order valence-electron chi connectivity index (χ3n) is 2.75. The quantitative estimate of drug-likeness (QED) is 0.541. The minimum atomic E-state index is 0.929. The van der Waals surface area contributed by atoms with Crippen molar-refractivity contribution in [1.82, 2.24) is 0 Å². The van der Waals surface area contributed by atoms with Gasteiger partial charge in [-0.1, -0.05) is 71.0 Å². The Hall–Kier alpha value is -1.96. The molecule has 0 aliphatic carbocycles. The third-order valence-corrected chi connectivity index (χ3v) is 2.75. The van der Waals surface area contributed by atoms with Gasteiger partial charge in [0.2, 0.25) is 0 Å². The zero-order valence-corrected chi connectivity index (χ0v) is 14.2. The van der Waals surface area contributed by atoms with Crippen molar-refractivity contribution in [2.75, 3.05) is 0 Å². The van der Waals surface area contributed by atoms with Crippen LogP contribution in [-0.4, -0.2) is 0 Å². The van der Waals surface area contributed by atoms with E-state index in [0.29, 0.717) is 0 Å². The summed E-state index contributed by atoms with van der Waals surface area (Å²) in [5, 5.41) is 8.64. The Morgan fingerprint density at radius 3 is 1.76 bits per heavy atom. The van der Waals surface area contributed by atoms with E-state index in [1.54, 1.807) is 0 Å². The van der Waals surface area contributed by atoms with Gasteiger partial charge in [0.05, 0.1) is 11.4 Å². The van der Waals surface area contributed by atoms with E-state index in [2.05, 4.69) is 23.2 Å². The predicted molar refractivity (Wildman–Crippen MR) is 93.9 cm³/mol. The summed E-state index contributed by atoms with van der Waals surface area (Å²) >= 11 is 0. The van der Waals surface area contributed by atoms with Gasteiger partial charge in [-0.25, -0.2) is 0 Å². The lowest BCUT2D eigenvalue weighted by Gasteiger charge is -2.01. The van der Waals surface area contributed by atoms with Gasteiger partial charge in [0.15, 0.2) is 0 Å². The lowest BCUT2D eigenvalue weighted by atomic mass is 10.1. The van der Waals surface area contributed by atoms with E-state index < -0.39 is 0 Å². The van der Waals surface area contributed by atoms with Crippen LogP contribution in [0.1, 0.15) is 45.7 Å². The van der Waals surface area contributed by atoms with Crippen molar-refractivity contribution < 1.29 is 0 Å². The van der Waals surface area contributed by atoms with Crippen molar-refractivity contribution in [3.05, 3.63) is 59.7 Å². The van der Waals surface area contributed by atoms with Gasteiger partial charge >= 0.3 is 0 Å². The molecule has 0 atom stereocenters. The topological polar surface area (TPSA) is 24.7 Å². The smallest absolute Gasteiger partial charge is 0.0888 e. The molecule has 2 rings (SSSR count). The van der Waals surface area contributed by atoms with Crippen molar-refractivity contribution >= 4 is 11.4 Å². The van der Waals surface area contributed by atoms with Crippen LogP contribution in [0.25, 0.3) is 0 Å². The van der Waals surface area contributed by atoms with E-state index in [1.165, 1.54) is 5.56 Å². The molecule has 2 aromatic rings. The Kier molecular flexibility index (Phi) is 10.7. The first-order valence-corrected chi connectivity index (χ1v) is 7.86. The first-order chi connectivity index (χ1) is 10.3. The second-order valence-electron chi connectivity index (χ2n) is 3.97.